The average Bonchev–Trinajstić information content (AvgIpc) is 2.82. The zero-order valence-corrected chi connectivity index (χ0v) is 8.76. The van der Waals surface area contributed by atoms with Crippen molar-refractivity contribution in [3.8, 4) is 5.75 Å². The predicted octanol–water partition coefficient (Wildman–Crippen LogP) is -0.0832. The van der Waals surface area contributed by atoms with Crippen LogP contribution in [0.1, 0.15) is 12.1 Å². The zero-order valence-electron chi connectivity index (χ0n) is 8.76. The Morgan fingerprint density at radius 3 is 3.06 bits per heavy atom. The zero-order chi connectivity index (χ0) is 11.4. The van der Waals surface area contributed by atoms with E-state index in [9.17, 15) is 0 Å². The first-order chi connectivity index (χ1) is 7.79. The van der Waals surface area contributed by atoms with Gasteiger partial charge in [0, 0.05) is 6.54 Å². The molecule has 1 unspecified atom stereocenters. The molecule has 86 valence electrons. The molecule has 0 radical (unpaired) electrons. The number of oxime groups is 1. The molecule has 1 atom stereocenters. The van der Waals surface area contributed by atoms with E-state index in [1.165, 1.54) is 0 Å². The molecule has 4 N–H and O–H groups in total. The average molecular weight is 222 g/mol. The molecule has 1 saturated heterocycles. The first-order valence-corrected chi connectivity index (χ1v) is 5.11. The van der Waals surface area contributed by atoms with Crippen molar-refractivity contribution in [1.82, 2.24) is 10.3 Å². The number of rotatable bonds is 3. The molecule has 2 heterocycles. The summed E-state index contributed by atoms with van der Waals surface area (Å²) >= 11 is 0. The maximum atomic E-state index is 8.47. The van der Waals surface area contributed by atoms with Gasteiger partial charge in [0.25, 0.3) is 0 Å². The summed E-state index contributed by atoms with van der Waals surface area (Å²) in [7, 11) is 0. The molecular formula is C10H14N4O2. The molecule has 1 fully saturated rings. The van der Waals surface area contributed by atoms with Crippen molar-refractivity contribution in [1.29, 1.82) is 0 Å². The molecule has 1 aromatic heterocycles. The predicted molar refractivity (Wildman–Crippen MR) is 58.7 cm³/mol. The lowest BCUT2D eigenvalue weighted by Crippen LogP contribution is -2.20. The fourth-order valence-corrected chi connectivity index (χ4v) is 1.57. The highest BCUT2D eigenvalue weighted by atomic mass is 16.5. The van der Waals surface area contributed by atoms with E-state index in [0.717, 1.165) is 19.5 Å². The van der Waals surface area contributed by atoms with Gasteiger partial charge in [-0.25, -0.2) is 4.98 Å². The van der Waals surface area contributed by atoms with E-state index in [1.54, 1.807) is 18.3 Å². The van der Waals surface area contributed by atoms with E-state index < -0.39 is 0 Å². The van der Waals surface area contributed by atoms with Crippen LogP contribution < -0.4 is 15.8 Å². The molecule has 1 aliphatic heterocycles. The molecule has 0 bridgehead atoms. The number of amidine groups is 1. The van der Waals surface area contributed by atoms with Crippen LogP contribution in [0.25, 0.3) is 0 Å². The molecule has 6 heteroatoms. The summed E-state index contributed by atoms with van der Waals surface area (Å²) in [6.07, 6.45) is 2.78. The number of nitrogens with zero attached hydrogens (tertiary/aromatic N) is 2. The van der Waals surface area contributed by atoms with Crippen molar-refractivity contribution in [2.24, 2.45) is 10.9 Å². The van der Waals surface area contributed by atoms with Crippen LogP contribution in [0.5, 0.6) is 5.75 Å². The lowest BCUT2D eigenvalue weighted by molar-refractivity contribution is 0.222. The molecule has 16 heavy (non-hydrogen) atoms. The van der Waals surface area contributed by atoms with Crippen LogP contribution in [0.4, 0.5) is 0 Å². The second kappa shape index (κ2) is 4.80. The van der Waals surface area contributed by atoms with Gasteiger partial charge in [-0.3, -0.25) is 0 Å². The number of hydrogen-bond donors (Lipinski definition) is 3. The number of nitrogens with one attached hydrogen (secondary N) is 1. The van der Waals surface area contributed by atoms with Gasteiger partial charge in [0.1, 0.15) is 17.5 Å². The molecule has 1 aromatic rings. The maximum Gasteiger partial charge on any atom is 0.188 e. The van der Waals surface area contributed by atoms with Gasteiger partial charge in [0.15, 0.2) is 5.84 Å². The summed E-state index contributed by atoms with van der Waals surface area (Å²) < 4.78 is 5.68. The first-order valence-electron chi connectivity index (χ1n) is 5.11. The Labute approximate surface area is 93.1 Å². The van der Waals surface area contributed by atoms with Gasteiger partial charge in [-0.05, 0) is 25.1 Å². The lowest BCUT2D eigenvalue weighted by atomic mass is 10.3. The van der Waals surface area contributed by atoms with Gasteiger partial charge in [-0.2, -0.15) is 0 Å². The third kappa shape index (κ3) is 2.40. The van der Waals surface area contributed by atoms with Crippen molar-refractivity contribution in [3.05, 3.63) is 24.0 Å². The molecule has 2 rings (SSSR count). The van der Waals surface area contributed by atoms with E-state index >= 15 is 0 Å². The molecular weight excluding hydrogens is 208 g/mol. The van der Waals surface area contributed by atoms with Gasteiger partial charge < -0.3 is 21.0 Å². The van der Waals surface area contributed by atoms with Gasteiger partial charge in [-0.1, -0.05) is 5.16 Å². The van der Waals surface area contributed by atoms with Crippen LogP contribution in [0.3, 0.4) is 0 Å². The number of ether oxygens (including phenoxy) is 1. The minimum absolute atomic E-state index is 0.00548. The summed E-state index contributed by atoms with van der Waals surface area (Å²) in [5.41, 5.74) is 5.82. The Morgan fingerprint density at radius 1 is 1.62 bits per heavy atom. The second-order valence-electron chi connectivity index (χ2n) is 3.60. The van der Waals surface area contributed by atoms with Crippen LogP contribution in [-0.2, 0) is 0 Å². The normalized spacial score (nSPS) is 21.0. The number of nitrogens with two attached hydrogens (primary N) is 1. The van der Waals surface area contributed by atoms with Crippen molar-refractivity contribution in [2.75, 3.05) is 13.1 Å². The van der Waals surface area contributed by atoms with Crippen molar-refractivity contribution in [2.45, 2.75) is 12.5 Å². The summed E-state index contributed by atoms with van der Waals surface area (Å²) in [5.74, 6) is 0.692. The van der Waals surface area contributed by atoms with Crippen molar-refractivity contribution >= 4 is 5.84 Å². The number of hydrogen-bond acceptors (Lipinski definition) is 5. The molecule has 0 amide bonds. The van der Waals surface area contributed by atoms with E-state index in [2.05, 4.69) is 15.5 Å². The monoisotopic (exact) mass is 222 g/mol. The van der Waals surface area contributed by atoms with E-state index in [1.807, 2.05) is 0 Å². The Kier molecular flexibility index (Phi) is 3.21. The Morgan fingerprint density at radius 2 is 2.50 bits per heavy atom. The highest BCUT2D eigenvalue weighted by molar-refractivity contribution is 5.95. The minimum Gasteiger partial charge on any atom is -0.487 e. The van der Waals surface area contributed by atoms with Crippen LogP contribution in [0.2, 0.25) is 0 Å². The SMILES string of the molecule is NC(=NO)c1ccc(OC2CCNC2)cn1. The fraction of sp³-hybridized carbons (Fsp3) is 0.400. The van der Waals surface area contributed by atoms with E-state index in [0.29, 0.717) is 11.4 Å². The largest absolute Gasteiger partial charge is 0.487 e. The smallest absolute Gasteiger partial charge is 0.188 e. The first kappa shape index (κ1) is 10.7. The lowest BCUT2D eigenvalue weighted by Gasteiger charge is -2.11. The Balaban J connectivity index is 2.01. The summed E-state index contributed by atoms with van der Waals surface area (Å²) in [6, 6.07) is 3.42. The van der Waals surface area contributed by atoms with Gasteiger partial charge in [0.2, 0.25) is 0 Å². The molecule has 6 nitrogen and oxygen atoms in total. The van der Waals surface area contributed by atoms with Crippen LogP contribution in [-0.4, -0.2) is 35.2 Å². The standard InChI is InChI=1S/C10H14N4O2/c11-10(14-15)9-2-1-7(6-13-9)16-8-3-4-12-5-8/h1-2,6,8,12,15H,3-5H2,(H2,11,14). The second-order valence-corrected chi connectivity index (χ2v) is 3.60. The Hall–Kier alpha value is -1.82. The number of aromatic nitrogens is 1. The quantitative estimate of drug-likeness (QED) is 0.288. The highest BCUT2D eigenvalue weighted by Gasteiger charge is 2.15. The van der Waals surface area contributed by atoms with Crippen LogP contribution >= 0.6 is 0 Å². The van der Waals surface area contributed by atoms with Crippen LogP contribution in [0, 0.1) is 0 Å². The van der Waals surface area contributed by atoms with Crippen LogP contribution in [0.15, 0.2) is 23.5 Å². The van der Waals surface area contributed by atoms with E-state index in [4.69, 9.17) is 15.7 Å². The van der Waals surface area contributed by atoms with Gasteiger partial charge in [-0.15, -0.1) is 0 Å². The van der Waals surface area contributed by atoms with Crippen molar-refractivity contribution < 1.29 is 9.94 Å². The summed E-state index contributed by atoms with van der Waals surface area (Å²) in [6.45, 7) is 1.85. The third-order valence-electron chi connectivity index (χ3n) is 2.42. The molecule has 0 spiro atoms. The Bertz CT molecular complexity index is 371. The summed E-state index contributed by atoms with van der Waals surface area (Å²) in [4.78, 5) is 4.03. The van der Waals surface area contributed by atoms with Gasteiger partial charge in [0.05, 0.1) is 6.20 Å². The summed E-state index contributed by atoms with van der Waals surface area (Å²) in [5, 5.41) is 14.6. The van der Waals surface area contributed by atoms with E-state index in [-0.39, 0.29) is 11.9 Å². The molecule has 0 saturated carbocycles. The topological polar surface area (TPSA) is 92.8 Å². The molecule has 0 aromatic carbocycles. The van der Waals surface area contributed by atoms with Gasteiger partial charge >= 0.3 is 0 Å². The maximum absolute atomic E-state index is 8.47. The molecule has 0 aliphatic carbocycles. The third-order valence-corrected chi connectivity index (χ3v) is 2.42. The molecule has 1 aliphatic rings. The fourth-order valence-electron chi connectivity index (χ4n) is 1.57. The highest BCUT2D eigenvalue weighted by Crippen LogP contribution is 2.14. The van der Waals surface area contributed by atoms with Crippen molar-refractivity contribution in [3.63, 3.8) is 0 Å². The number of pyridine rings is 1. The minimum atomic E-state index is -0.00548.